The molecular weight excluding hydrogens is 297 g/mol. The van der Waals surface area contributed by atoms with E-state index in [2.05, 4.69) is 4.90 Å². The molecule has 4 nitrogen and oxygen atoms in total. The molecule has 1 amide bonds. The average Bonchev–Trinajstić information content (AvgIpc) is 2.47. The van der Waals surface area contributed by atoms with Crippen LogP contribution in [0.1, 0.15) is 27.9 Å². The molecule has 1 heterocycles. The van der Waals surface area contributed by atoms with Crippen LogP contribution in [0.5, 0.6) is 0 Å². The van der Waals surface area contributed by atoms with Gasteiger partial charge >= 0.3 is 6.18 Å². The van der Waals surface area contributed by atoms with Crippen LogP contribution >= 0.6 is 0 Å². The van der Waals surface area contributed by atoms with E-state index in [4.69, 9.17) is 10.5 Å². The molecule has 1 fully saturated rings. The molecule has 1 aliphatic rings. The van der Waals surface area contributed by atoms with Gasteiger partial charge in [0.15, 0.2) is 0 Å². The van der Waals surface area contributed by atoms with Gasteiger partial charge in [-0.3, -0.25) is 9.69 Å². The van der Waals surface area contributed by atoms with Gasteiger partial charge in [-0.05, 0) is 43.1 Å². The first-order valence-electron chi connectivity index (χ1n) is 7.17. The number of benzene rings is 1. The molecule has 2 rings (SSSR count). The molecule has 1 aromatic carbocycles. The van der Waals surface area contributed by atoms with Gasteiger partial charge in [0, 0.05) is 18.7 Å². The van der Waals surface area contributed by atoms with E-state index in [0.717, 1.165) is 38.2 Å². The van der Waals surface area contributed by atoms with Gasteiger partial charge in [0.2, 0.25) is 5.91 Å². The number of aryl methyl sites for hydroxylation is 1. The summed E-state index contributed by atoms with van der Waals surface area (Å²) in [5.41, 5.74) is 4.67. The molecule has 0 aromatic heterocycles. The highest BCUT2D eigenvalue weighted by Crippen LogP contribution is 2.31. The Morgan fingerprint density at radius 2 is 1.91 bits per heavy atom. The Labute approximate surface area is 127 Å². The maximum absolute atomic E-state index is 12.9. The van der Waals surface area contributed by atoms with E-state index in [9.17, 15) is 18.0 Å². The summed E-state index contributed by atoms with van der Waals surface area (Å²) in [6.45, 7) is 3.86. The van der Waals surface area contributed by atoms with E-state index in [1.54, 1.807) is 0 Å². The van der Waals surface area contributed by atoms with E-state index in [1.165, 1.54) is 6.07 Å². The maximum atomic E-state index is 12.9. The highest BCUT2D eigenvalue weighted by Gasteiger charge is 2.31. The largest absolute Gasteiger partial charge is 0.416 e. The van der Waals surface area contributed by atoms with Crippen LogP contribution in [-0.4, -0.2) is 43.7 Å². The number of primary amides is 1. The number of alkyl halides is 3. The molecule has 0 atom stereocenters. The van der Waals surface area contributed by atoms with Gasteiger partial charge in [-0.25, -0.2) is 0 Å². The van der Waals surface area contributed by atoms with Gasteiger partial charge in [-0.2, -0.15) is 13.2 Å². The van der Waals surface area contributed by atoms with Gasteiger partial charge < -0.3 is 10.5 Å². The molecule has 0 bridgehead atoms. The van der Waals surface area contributed by atoms with Gasteiger partial charge in [-0.1, -0.05) is 0 Å². The van der Waals surface area contributed by atoms with Crippen LogP contribution in [-0.2, 0) is 17.3 Å². The maximum Gasteiger partial charge on any atom is 0.416 e. The zero-order valence-electron chi connectivity index (χ0n) is 12.2. The van der Waals surface area contributed by atoms with Crippen LogP contribution in [0.25, 0.3) is 0 Å². The van der Waals surface area contributed by atoms with Crippen LogP contribution in [0.15, 0.2) is 18.2 Å². The Balaban J connectivity index is 2.02. The zero-order valence-corrected chi connectivity index (χ0v) is 12.2. The third kappa shape index (κ3) is 4.71. The normalized spacial score (nSPS) is 16.7. The highest BCUT2D eigenvalue weighted by atomic mass is 19.4. The number of nitrogens with zero attached hydrogens (tertiary/aromatic N) is 1. The number of nitrogens with two attached hydrogens (primary N) is 1. The predicted octanol–water partition coefficient (Wildman–Crippen LogP) is 2.07. The first kappa shape index (κ1) is 16.8. The number of ether oxygens (including phenoxy) is 1. The van der Waals surface area contributed by atoms with E-state index in [0.29, 0.717) is 25.2 Å². The molecule has 1 aliphatic heterocycles. The fourth-order valence-electron chi connectivity index (χ4n) is 2.47. The van der Waals surface area contributed by atoms with Crippen molar-refractivity contribution in [3.8, 4) is 0 Å². The second kappa shape index (κ2) is 7.11. The minimum atomic E-state index is -4.48. The quantitative estimate of drug-likeness (QED) is 0.905. The van der Waals surface area contributed by atoms with Gasteiger partial charge in [-0.15, -0.1) is 0 Å². The van der Waals surface area contributed by atoms with Crippen molar-refractivity contribution in [2.75, 3.05) is 32.8 Å². The number of halogens is 3. The van der Waals surface area contributed by atoms with Crippen molar-refractivity contribution in [2.45, 2.75) is 19.0 Å². The van der Waals surface area contributed by atoms with Crippen LogP contribution in [0.2, 0.25) is 0 Å². The first-order chi connectivity index (χ1) is 10.4. The molecular formula is C15H19F3N2O2. The summed E-state index contributed by atoms with van der Waals surface area (Å²) in [6.07, 6.45) is -3.29. The molecule has 0 spiro atoms. The Morgan fingerprint density at radius 1 is 1.23 bits per heavy atom. The summed E-state index contributed by atoms with van der Waals surface area (Å²) >= 11 is 0. The smallest absolute Gasteiger partial charge is 0.379 e. The lowest BCUT2D eigenvalue weighted by molar-refractivity contribution is -0.137. The topological polar surface area (TPSA) is 55.6 Å². The molecule has 7 heteroatoms. The standard InChI is InChI=1S/C15H19F3N2O2/c16-15(17,18)13-9-11(8-12(10-13)14(19)21)2-1-3-20-4-6-22-7-5-20/h8-10H,1-7H2,(H2,19,21). The zero-order chi connectivity index (χ0) is 16.2. The van der Waals surface area contributed by atoms with Crippen LogP contribution in [0, 0.1) is 0 Å². The fraction of sp³-hybridized carbons (Fsp3) is 0.533. The lowest BCUT2D eigenvalue weighted by atomic mass is 10.0. The predicted molar refractivity (Wildman–Crippen MR) is 75.5 cm³/mol. The molecule has 0 radical (unpaired) electrons. The molecule has 0 saturated carbocycles. The molecule has 0 unspecified atom stereocenters. The highest BCUT2D eigenvalue weighted by molar-refractivity contribution is 5.93. The fourth-order valence-corrected chi connectivity index (χ4v) is 2.47. The third-order valence-corrected chi connectivity index (χ3v) is 3.65. The monoisotopic (exact) mass is 316 g/mol. The number of amides is 1. The van der Waals surface area contributed by atoms with Gasteiger partial charge in [0.05, 0.1) is 18.8 Å². The summed E-state index contributed by atoms with van der Waals surface area (Å²) in [5.74, 6) is -0.847. The van der Waals surface area contributed by atoms with Crippen molar-refractivity contribution in [1.82, 2.24) is 4.90 Å². The number of rotatable bonds is 5. The number of carbonyl (C=O) groups excluding carboxylic acids is 1. The van der Waals surface area contributed by atoms with Crippen molar-refractivity contribution >= 4 is 5.91 Å². The lowest BCUT2D eigenvalue weighted by Gasteiger charge is -2.26. The molecule has 0 aliphatic carbocycles. The van der Waals surface area contributed by atoms with Crippen molar-refractivity contribution in [3.63, 3.8) is 0 Å². The van der Waals surface area contributed by atoms with E-state index in [1.807, 2.05) is 0 Å². The van der Waals surface area contributed by atoms with Crippen molar-refractivity contribution < 1.29 is 22.7 Å². The lowest BCUT2D eigenvalue weighted by Crippen LogP contribution is -2.36. The summed E-state index contributed by atoms with van der Waals surface area (Å²) < 4.78 is 43.8. The summed E-state index contributed by atoms with van der Waals surface area (Å²) in [4.78, 5) is 13.4. The third-order valence-electron chi connectivity index (χ3n) is 3.65. The Bertz CT molecular complexity index is 526. The first-order valence-corrected chi connectivity index (χ1v) is 7.17. The molecule has 1 aromatic rings. The Kier molecular flexibility index (Phi) is 5.42. The molecule has 122 valence electrons. The minimum absolute atomic E-state index is 0.101. The SMILES string of the molecule is NC(=O)c1cc(CCCN2CCOCC2)cc(C(F)(F)F)c1. The van der Waals surface area contributed by atoms with E-state index >= 15 is 0 Å². The Hall–Kier alpha value is -1.60. The van der Waals surface area contributed by atoms with E-state index < -0.39 is 17.6 Å². The number of morpholine rings is 1. The number of hydrogen-bond donors (Lipinski definition) is 1. The van der Waals surface area contributed by atoms with E-state index in [-0.39, 0.29) is 5.56 Å². The summed E-state index contributed by atoms with van der Waals surface area (Å²) in [6, 6.07) is 3.33. The van der Waals surface area contributed by atoms with Crippen molar-refractivity contribution in [1.29, 1.82) is 0 Å². The molecule has 22 heavy (non-hydrogen) atoms. The molecule has 1 saturated heterocycles. The average molecular weight is 316 g/mol. The molecule has 2 N–H and O–H groups in total. The second-order valence-corrected chi connectivity index (χ2v) is 5.34. The summed E-state index contributed by atoms with van der Waals surface area (Å²) in [5, 5.41) is 0. The summed E-state index contributed by atoms with van der Waals surface area (Å²) in [7, 11) is 0. The van der Waals surface area contributed by atoms with Crippen LogP contribution in [0.3, 0.4) is 0 Å². The van der Waals surface area contributed by atoms with Crippen molar-refractivity contribution in [3.05, 3.63) is 34.9 Å². The van der Waals surface area contributed by atoms with Crippen molar-refractivity contribution in [2.24, 2.45) is 5.73 Å². The van der Waals surface area contributed by atoms with Crippen LogP contribution in [0.4, 0.5) is 13.2 Å². The second-order valence-electron chi connectivity index (χ2n) is 5.34. The van der Waals surface area contributed by atoms with Gasteiger partial charge in [0.25, 0.3) is 0 Å². The number of carbonyl (C=O) groups is 1. The van der Waals surface area contributed by atoms with Gasteiger partial charge in [0.1, 0.15) is 0 Å². The Morgan fingerprint density at radius 3 is 2.50 bits per heavy atom. The number of hydrogen-bond acceptors (Lipinski definition) is 3. The minimum Gasteiger partial charge on any atom is -0.379 e. The van der Waals surface area contributed by atoms with Crippen LogP contribution < -0.4 is 5.73 Å².